The molecule has 0 aromatic rings. The van der Waals surface area contributed by atoms with E-state index in [0.717, 1.165) is 19.4 Å². The summed E-state index contributed by atoms with van der Waals surface area (Å²) in [6.45, 7) is 4.78. The van der Waals surface area contributed by atoms with E-state index in [-0.39, 0.29) is 0 Å². The van der Waals surface area contributed by atoms with Crippen LogP contribution in [0.15, 0.2) is 0 Å². The Morgan fingerprint density at radius 1 is 0.944 bits per heavy atom. The fourth-order valence-corrected chi connectivity index (χ4v) is 3.15. The van der Waals surface area contributed by atoms with Crippen molar-refractivity contribution >= 4 is 0 Å². The fourth-order valence-electron chi connectivity index (χ4n) is 3.15. The molecule has 0 aromatic carbocycles. The number of hydrogen-bond acceptors (Lipinski definition) is 3. The third-order valence-corrected chi connectivity index (χ3v) is 4.39. The van der Waals surface area contributed by atoms with Crippen LogP contribution in [-0.2, 0) is 4.74 Å². The molecule has 1 aliphatic carbocycles. The average Bonchev–Trinajstić information content (AvgIpc) is 2.65. The molecule has 2 rings (SSSR count). The molecule has 0 bridgehead atoms. The van der Waals surface area contributed by atoms with Gasteiger partial charge in [-0.3, -0.25) is 0 Å². The summed E-state index contributed by atoms with van der Waals surface area (Å²) in [6.07, 6.45) is 12.0. The summed E-state index contributed by atoms with van der Waals surface area (Å²) >= 11 is 0. The molecule has 0 unspecified atom stereocenters. The van der Waals surface area contributed by atoms with Gasteiger partial charge in [-0.15, -0.1) is 0 Å². The largest absolute Gasteiger partial charge is 0.378 e. The molecule has 0 spiro atoms. The van der Waals surface area contributed by atoms with Gasteiger partial charge in [0.15, 0.2) is 0 Å². The van der Waals surface area contributed by atoms with E-state index in [4.69, 9.17) is 10.5 Å². The van der Waals surface area contributed by atoms with Crippen molar-refractivity contribution in [3.63, 3.8) is 0 Å². The summed E-state index contributed by atoms with van der Waals surface area (Å²) in [5.74, 6) is 0. The first-order chi connectivity index (χ1) is 8.84. The van der Waals surface area contributed by atoms with E-state index in [0.29, 0.717) is 12.1 Å². The molecular weight excluding hydrogens is 224 g/mol. The molecule has 2 fully saturated rings. The lowest BCUT2D eigenvalue weighted by atomic mass is 9.94. The number of likely N-dealkylation sites (tertiary alicyclic amines) is 1. The molecule has 3 nitrogen and oxygen atoms in total. The van der Waals surface area contributed by atoms with Gasteiger partial charge in [-0.2, -0.15) is 0 Å². The van der Waals surface area contributed by atoms with Crippen molar-refractivity contribution in [2.45, 2.75) is 69.9 Å². The molecule has 3 heteroatoms. The maximum absolute atomic E-state index is 5.97. The highest BCUT2D eigenvalue weighted by molar-refractivity contribution is 4.74. The number of nitrogens with two attached hydrogens (primary N) is 1. The van der Waals surface area contributed by atoms with E-state index in [2.05, 4.69) is 4.90 Å². The molecule has 2 N–H and O–H groups in total. The van der Waals surface area contributed by atoms with Gasteiger partial charge in [0.05, 0.1) is 6.10 Å². The Morgan fingerprint density at radius 3 is 2.28 bits per heavy atom. The van der Waals surface area contributed by atoms with Crippen molar-refractivity contribution in [3.8, 4) is 0 Å². The molecule has 1 aliphatic heterocycles. The van der Waals surface area contributed by atoms with Crippen LogP contribution < -0.4 is 5.73 Å². The highest BCUT2D eigenvalue weighted by atomic mass is 16.5. The van der Waals surface area contributed by atoms with E-state index in [1.165, 1.54) is 64.6 Å². The molecule has 0 aromatic heterocycles. The van der Waals surface area contributed by atoms with Crippen LogP contribution in [0.25, 0.3) is 0 Å². The predicted octanol–water partition coefficient (Wildman–Crippen LogP) is 2.54. The van der Waals surface area contributed by atoms with E-state index >= 15 is 0 Å². The van der Waals surface area contributed by atoms with Crippen molar-refractivity contribution in [2.24, 2.45) is 5.73 Å². The van der Waals surface area contributed by atoms with Crippen LogP contribution in [0.1, 0.15) is 57.8 Å². The second kappa shape index (κ2) is 8.13. The number of nitrogens with zero attached hydrogens (tertiary/aromatic N) is 1. The zero-order chi connectivity index (χ0) is 12.6. The molecule has 0 atom stereocenters. The number of rotatable bonds is 5. The Hall–Kier alpha value is -0.120. The Bertz CT molecular complexity index is 207. The average molecular weight is 254 g/mol. The fraction of sp³-hybridized carbons (Fsp3) is 1.00. The van der Waals surface area contributed by atoms with E-state index in [1.807, 2.05) is 0 Å². The summed E-state index contributed by atoms with van der Waals surface area (Å²) in [5, 5.41) is 0. The lowest BCUT2D eigenvalue weighted by molar-refractivity contribution is 0.0205. The van der Waals surface area contributed by atoms with E-state index in [9.17, 15) is 0 Å². The minimum absolute atomic E-state index is 0.432. The zero-order valence-corrected chi connectivity index (χ0v) is 11.8. The Labute approximate surface area is 112 Å². The molecule has 0 radical (unpaired) electrons. The summed E-state index contributed by atoms with van der Waals surface area (Å²) < 4.78 is 5.97. The van der Waals surface area contributed by atoms with Gasteiger partial charge in [0.25, 0.3) is 0 Å². The van der Waals surface area contributed by atoms with Crippen LogP contribution in [-0.4, -0.2) is 43.3 Å². The highest BCUT2D eigenvalue weighted by Gasteiger charge is 2.18. The first-order valence-corrected chi connectivity index (χ1v) is 7.94. The third-order valence-electron chi connectivity index (χ3n) is 4.39. The van der Waals surface area contributed by atoms with Crippen LogP contribution in [0.5, 0.6) is 0 Å². The zero-order valence-electron chi connectivity index (χ0n) is 11.8. The molecule has 1 saturated carbocycles. The second-order valence-electron chi connectivity index (χ2n) is 6.02. The van der Waals surface area contributed by atoms with Crippen LogP contribution in [0.3, 0.4) is 0 Å². The first-order valence-electron chi connectivity index (χ1n) is 7.94. The molecule has 106 valence electrons. The highest BCUT2D eigenvalue weighted by Crippen LogP contribution is 2.20. The van der Waals surface area contributed by atoms with E-state index in [1.54, 1.807) is 0 Å². The maximum Gasteiger partial charge on any atom is 0.0576 e. The predicted molar refractivity (Wildman–Crippen MR) is 75.7 cm³/mol. The van der Waals surface area contributed by atoms with Gasteiger partial charge in [0.1, 0.15) is 0 Å². The molecule has 0 amide bonds. The summed E-state index contributed by atoms with van der Waals surface area (Å²) in [7, 11) is 0. The monoisotopic (exact) mass is 254 g/mol. The number of ether oxygens (including phenoxy) is 1. The van der Waals surface area contributed by atoms with E-state index < -0.39 is 0 Å². The number of hydrogen-bond donors (Lipinski definition) is 1. The van der Waals surface area contributed by atoms with Crippen LogP contribution in [0, 0.1) is 0 Å². The van der Waals surface area contributed by atoms with Gasteiger partial charge in [0.2, 0.25) is 0 Å². The first kappa shape index (κ1) is 14.3. The Morgan fingerprint density at radius 2 is 1.61 bits per heavy atom. The van der Waals surface area contributed by atoms with Crippen molar-refractivity contribution in [2.75, 3.05) is 26.2 Å². The van der Waals surface area contributed by atoms with Gasteiger partial charge in [-0.25, -0.2) is 0 Å². The maximum atomic E-state index is 5.97. The quantitative estimate of drug-likeness (QED) is 0.766. The smallest absolute Gasteiger partial charge is 0.0576 e. The molecule has 18 heavy (non-hydrogen) atoms. The van der Waals surface area contributed by atoms with Gasteiger partial charge in [0, 0.05) is 19.2 Å². The van der Waals surface area contributed by atoms with Crippen LogP contribution >= 0.6 is 0 Å². The van der Waals surface area contributed by atoms with Crippen molar-refractivity contribution < 1.29 is 4.74 Å². The summed E-state index contributed by atoms with van der Waals surface area (Å²) in [5.41, 5.74) is 5.90. The second-order valence-corrected chi connectivity index (χ2v) is 6.02. The molecule has 1 saturated heterocycles. The lowest BCUT2D eigenvalue weighted by Crippen LogP contribution is -2.31. The van der Waals surface area contributed by atoms with Crippen LogP contribution in [0.2, 0.25) is 0 Å². The topological polar surface area (TPSA) is 38.5 Å². The normalized spacial score (nSPS) is 31.2. The standard InChI is InChI=1S/C15H30N2O/c16-14-6-8-15(9-7-14)18-13-5-12-17-10-3-1-2-4-11-17/h14-15H,1-13,16H2. The Kier molecular flexibility index (Phi) is 6.46. The SMILES string of the molecule is NC1CCC(OCCCN2CCCCCC2)CC1. The molecule has 1 heterocycles. The van der Waals surface area contributed by atoms with Crippen molar-refractivity contribution in [1.29, 1.82) is 0 Å². The van der Waals surface area contributed by atoms with Gasteiger partial charge >= 0.3 is 0 Å². The van der Waals surface area contributed by atoms with Crippen molar-refractivity contribution in [3.05, 3.63) is 0 Å². The summed E-state index contributed by atoms with van der Waals surface area (Å²) in [4.78, 5) is 2.62. The van der Waals surface area contributed by atoms with Gasteiger partial charge in [-0.05, 0) is 58.0 Å². The minimum Gasteiger partial charge on any atom is -0.378 e. The molecular formula is C15H30N2O. The Balaban J connectivity index is 1.50. The lowest BCUT2D eigenvalue weighted by Gasteiger charge is -2.26. The van der Waals surface area contributed by atoms with Crippen molar-refractivity contribution in [1.82, 2.24) is 4.90 Å². The molecule has 2 aliphatic rings. The third kappa shape index (κ3) is 5.25. The van der Waals surface area contributed by atoms with Gasteiger partial charge in [-0.1, -0.05) is 12.8 Å². The van der Waals surface area contributed by atoms with Gasteiger partial charge < -0.3 is 15.4 Å². The summed E-state index contributed by atoms with van der Waals surface area (Å²) in [6, 6.07) is 0.432. The van der Waals surface area contributed by atoms with Crippen LogP contribution in [0.4, 0.5) is 0 Å². The minimum atomic E-state index is 0.432.